The third kappa shape index (κ3) is 4.04. The summed E-state index contributed by atoms with van der Waals surface area (Å²) in [4.78, 5) is 3.83. The van der Waals surface area contributed by atoms with Gasteiger partial charge < -0.3 is 5.32 Å². The van der Waals surface area contributed by atoms with E-state index in [-0.39, 0.29) is 11.6 Å². The molecule has 4 nitrogen and oxygen atoms in total. The molecule has 0 aliphatic carbocycles. The molecule has 0 saturated carbocycles. The van der Waals surface area contributed by atoms with Gasteiger partial charge in [0, 0.05) is 12.1 Å². The zero-order valence-electron chi connectivity index (χ0n) is 11.8. The highest BCUT2D eigenvalue weighted by Crippen LogP contribution is 2.34. The number of halogens is 3. The van der Waals surface area contributed by atoms with Crippen molar-refractivity contribution in [2.75, 3.05) is 0 Å². The van der Waals surface area contributed by atoms with Gasteiger partial charge in [-0.15, -0.1) is 0 Å². The van der Waals surface area contributed by atoms with Crippen molar-refractivity contribution in [3.63, 3.8) is 0 Å². The van der Waals surface area contributed by atoms with E-state index in [1.165, 1.54) is 18.5 Å². The van der Waals surface area contributed by atoms with Crippen molar-refractivity contribution in [3.05, 3.63) is 48.0 Å². The van der Waals surface area contributed by atoms with Crippen molar-refractivity contribution in [1.82, 2.24) is 20.1 Å². The number of hydrogen-bond acceptors (Lipinski definition) is 3. The lowest BCUT2D eigenvalue weighted by Gasteiger charge is -2.23. The Morgan fingerprint density at radius 2 is 1.95 bits per heavy atom. The maximum atomic E-state index is 13.0. The van der Waals surface area contributed by atoms with E-state index in [1.54, 1.807) is 24.0 Å². The highest BCUT2D eigenvalue weighted by Gasteiger charge is 2.34. The lowest BCUT2D eigenvalue weighted by Crippen LogP contribution is -2.33. The third-order valence-corrected chi connectivity index (χ3v) is 3.19. The lowest BCUT2D eigenvalue weighted by molar-refractivity contribution is -0.138. The third-order valence-electron chi connectivity index (χ3n) is 3.19. The summed E-state index contributed by atoms with van der Waals surface area (Å²) in [6.45, 7) is 4.16. The summed E-state index contributed by atoms with van der Waals surface area (Å²) in [5, 5.41) is 7.14. The fourth-order valence-corrected chi connectivity index (χ4v) is 2.31. The van der Waals surface area contributed by atoms with Crippen LogP contribution < -0.4 is 5.32 Å². The molecule has 0 aliphatic rings. The van der Waals surface area contributed by atoms with Crippen LogP contribution in [0, 0.1) is 0 Å². The molecule has 2 atom stereocenters. The Hall–Kier alpha value is -1.89. The number of hydrogen-bond donors (Lipinski definition) is 1. The molecule has 0 spiro atoms. The van der Waals surface area contributed by atoms with Gasteiger partial charge in [0.1, 0.15) is 12.7 Å². The summed E-state index contributed by atoms with van der Waals surface area (Å²) in [6.07, 6.45) is -1.34. The van der Waals surface area contributed by atoms with Gasteiger partial charge >= 0.3 is 6.18 Å². The number of nitrogens with one attached hydrogen (secondary N) is 1. The van der Waals surface area contributed by atoms with Crippen LogP contribution in [0.5, 0.6) is 0 Å². The number of rotatable bonds is 5. The van der Waals surface area contributed by atoms with Crippen LogP contribution in [0.4, 0.5) is 13.2 Å². The fourth-order valence-electron chi connectivity index (χ4n) is 2.31. The predicted molar refractivity (Wildman–Crippen MR) is 72.5 cm³/mol. The predicted octanol–water partition coefficient (Wildman–Crippen LogP) is 3.04. The van der Waals surface area contributed by atoms with Gasteiger partial charge in [-0.3, -0.25) is 4.68 Å². The molecule has 0 aliphatic heterocycles. The first-order chi connectivity index (χ1) is 9.88. The van der Waals surface area contributed by atoms with Crippen LogP contribution >= 0.6 is 0 Å². The van der Waals surface area contributed by atoms with Crippen molar-refractivity contribution in [1.29, 1.82) is 0 Å². The van der Waals surface area contributed by atoms with Crippen LogP contribution in [0.2, 0.25) is 0 Å². The Balaban J connectivity index is 2.08. The Kier molecular flexibility index (Phi) is 4.62. The largest absolute Gasteiger partial charge is 0.416 e. The smallest absolute Gasteiger partial charge is 0.306 e. The Morgan fingerprint density at radius 3 is 2.57 bits per heavy atom. The Labute approximate surface area is 121 Å². The van der Waals surface area contributed by atoms with E-state index >= 15 is 0 Å². The van der Waals surface area contributed by atoms with Crippen molar-refractivity contribution in [2.24, 2.45) is 0 Å². The van der Waals surface area contributed by atoms with E-state index in [0.29, 0.717) is 6.54 Å². The maximum Gasteiger partial charge on any atom is 0.416 e. The molecule has 2 aromatic rings. The van der Waals surface area contributed by atoms with Crippen LogP contribution in [0.25, 0.3) is 0 Å². The van der Waals surface area contributed by atoms with Crippen LogP contribution in [-0.2, 0) is 12.7 Å². The summed E-state index contributed by atoms with van der Waals surface area (Å²) >= 11 is 0. The van der Waals surface area contributed by atoms with Crippen molar-refractivity contribution < 1.29 is 13.2 Å². The molecule has 0 amide bonds. The lowest BCUT2D eigenvalue weighted by atomic mass is 10.0. The van der Waals surface area contributed by atoms with E-state index < -0.39 is 17.8 Å². The number of alkyl halides is 3. The number of aromatic nitrogens is 3. The molecule has 1 N–H and O–H groups in total. The van der Waals surface area contributed by atoms with Gasteiger partial charge in [0.15, 0.2) is 0 Å². The molecule has 1 aromatic carbocycles. The maximum absolute atomic E-state index is 13.0. The number of nitrogens with zero attached hydrogens (tertiary/aromatic N) is 3. The molecule has 0 fully saturated rings. The Bertz CT molecular complexity index is 566. The summed E-state index contributed by atoms with van der Waals surface area (Å²) in [5.74, 6) is 0. The first-order valence-electron chi connectivity index (χ1n) is 6.62. The van der Waals surface area contributed by atoms with Gasteiger partial charge in [0.2, 0.25) is 0 Å². The first kappa shape index (κ1) is 15.5. The van der Waals surface area contributed by atoms with Gasteiger partial charge in [-0.05, 0) is 25.5 Å². The van der Waals surface area contributed by atoms with E-state index in [2.05, 4.69) is 15.4 Å². The van der Waals surface area contributed by atoms with E-state index in [9.17, 15) is 13.2 Å². The molecule has 1 heterocycles. The van der Waals surface area contributed by atoms with Gasteiger partial charge in [-0.25, -0.2) is 4.98 Å². The molecule has 0 saturated heterocycles. The minimum atomic E-state index is -4.35. The van der Waals surface area contributed by atoms with Crippen LogP contribution in [-0.4, -0.2) is 20.8 Å². The molecular formula is C14H17F3N4. The standard InChI is InChI=1S/C14H17F3N4/c1-10(7-21-9-18-8-19-21)20-11(2)12-5-3-4-6-13(12)14(15,16)17/h3-6,8-11,20H,7H2,1-2H3. The molecule has 2 unspecified atom stereocenters. The summed E-state index contributed by atoms with van der Waals surface area (Å²) in [5.41, 5.74) is -0.353. The van der Waals surface area contributed by atoms with E-state index in [1.807, 2.05) is 6.92 Å². The monoisotopic (exact) mass is 298 g/mol. The van der Waals surface area contributed by atoms with E-state index in [4.69, 9.17) is 0 Å². The molecule has 1 aromatic heterocycles. The Morgan fingerprint density at radius 1 is 1.24 bits per heavy atom. The molecule has 2 rings (SSSR count). The molecule has 21 heavy (non-hydrogen) atoms. The number of benzene rings is 1. The molecule has 114 valence electrons. The zero-order chi connectivity index (χ0) is 15.5. The summed E-state index contributed by atoms with van der Waals surface area (Å²) in [7, 11) is 0. The second kappa shape index (κ2) is 6.26. The van der Waals surface area contributed by atoms with Crippen LogP contribution in [0.1, 0.15) is 31.0 Å². The molecular weight excluding hydrogens is 281 g/mol. The minimum Gasteiger partial charge on any atom is -0.306 e. The quantitative estimate of drug-likeness (QED) is 0.922. The minimum absolute atomic E-state index is 0.0389. The first-order valence-corrected chi connectivity index (χ1v) is 6.62. The zero-order valence-corrected chi connectivity index (χ0v) is 11.8. The average Bonchev–Trinajstić information content (AvgIpc) is 2.90. The molecule has 0 radical (unpaired) electrons. The SMILES string of the molecule is CC(Cn1cncn1)NC(C)c1ccccc1C(F)(F)F. The van der Waals surface area contributed by atoms with Gasteiger partial charge in [0.05, 0.1) is 12.1 Å². The van der Waals surface area contributed by atoms with Crippen molar-refractivity contribution in [2.45, 2.75) is 38.7 Å². The molecule has 0 bridgehead atoms. The fraction of sp³-hybridized carbons (Fsp3) is 0.429. The van der Waals surface area contributed by atoms with Crippen molar-refractivity contribution in [3.8, 4) is 0 Å². The van der Waals surface area contributed by atoms with E-state index in [0.717, 1.165) is 6.07 Å². The van der Waals surface area contributed by atoms with Gasteiger partial charge in [-0.1, -0.05) is 18.2 Å². The summed E-state index contributed by atoms with van der Waals surface area (Å²) < 4.78 is 40.6. The van der Waals surface area contributed by atoms with Gasteiger partial charge in [0.25, 0.3) is 0 Å². The topological polar surface area (TPSA) is 42.7 Å². The normalized spacial score (nSPS) is 14.9. The molecule has 7 heteroatoms. The van der Waals surface area contributed by atoms with Crippen molar-refractivity contribution >= 4 is 0 Å². The van der Waals surface area contributed by atoms with Crippen LogP contribution in [0.3, 0.4) is 0 Å². The second-order valence-corrected chi connectivity index (χ2v) is 4.99. The second-order valence-electron chi connectivity index (χ2n) is 4.99. The highest BCUT2D eigenvalue weighted by molar-refractivity contribution is 5.32. The average molecular weight is 298 g/mol. The summed E-state index contributed by atoms with van der Waals surface area (Å²) in [6, 6.07) is 5.17. The van der Waals surface area contributed by atoms with Gasteiger partial charge in [-0.2, -0.15) is 18.3 Å². The highest BCUT2D eigenvalue weighted by atomic mass is 19.4. The van der Waals surface area contributed by atoms with Crippen LogP contribution in [0.15, 0.2) is 36.9 Å².